The lowest BCUT2D eigenvalue weighted by molar-refractivity contribution is 0.0659. The molecule has 0 aliphatic heterocycles. The number of aromatic carboxylic acids is 1. The molecule has 0 amide bonds. The molecule has 0 spiro atoms. The Morgan fingerprint density at radius 1 is 1.21 bits per heavy atom. The van der Waals surface area contributed by atoms with Gasteiger partial charge in [-0.3, -0.25) is 0 Å². The van der Waals surface area contributed by atoms with Crippen molar-refractivity contribution in [1.82, 2.24) is 4.98 Å². The fourth-order valence-electron chi connectivity index (χ4n) is 1.79. The van der Waals surface area contributed by atoms with E-state index < -0.39 is 5.97 Å². The first kappa shape index (κ1) is 13.3. The Balaban J connectivity index is 2.55. The monoisotopic (exact) mass is 259 g/mol. The number of carboxylic acid groups (broad SMARTS) is 1. The number of hydrogen-bond donors (Lipinski definition) is 1. The maximum Gasteiger partial charge on any atom is 0.373 e. The van der Waals surface area contributed by atoms with Gasteiger partial charge in [0.1, 0.15) is 5.69 Å². The van der Waals surface area contributed by atoms with E-state index in [-0.39, 0.29) is 11.2 Å². The summed E-state index contributed by atoms with van der Waals surface area (Å²) in [7, 11) is 0. The van der Waals surface area contributed by atoms with E-state index in [1.807, 2.05) is 52.0 Å². The Morgan fingerprint density at radius 2 is 1.79 bits per heavy atom. The van der Waals surface area contributed by atoms with E-state index in [0.29, 0.717) is 11.6 Å². The molecule has 0 aliphatic rings. The zero-order valence-electron chi connectivity index (χ0n) is 11.5. The third-order valence-corrected chi connectivity index (χ3v) is 2.83. The first-order valence-corrected chi connectivity index (χ1v) is 6.10. The molecule has 100 valence electrons. The number of carbonyl (C=O) groups is 1. The summed E-state index contributed by atoms with van der Waals surface area (Å²) < 4.78 is 5.42. The topological polar surface area (TPSA) is 63.3 Å². The Labute approximate surface area is 112 Å². The van der Waals surface area contributed by atoms with Crippen LogP contribution in [0, 0.1) is 6.92 Å². The van der Waals surface area contributed by atoms with Gasteiger partial charge < -0.3 is 9.52 Å². The summed E-state index contributed by atoms with van der Waals surface area (Å²) >= 11 is 0. The third kappa shape index (κ3) is 2.67. The molecule has 4 nitrogen and oxygen atoms in total. The number of aryl methyl sites for hydroxylation is 1. The second kappa shape index (κ2) is 4.53. The van der Waals surface area contributed by atoms with Crippen LogP contribution in [-0.4, -0.2) is 16.1 Å². The van der Waals surface area contributed by atoms with Crippen LogP contribution in [0.5, 0.6) is 0 Å². The lowest BCUT2D eigenvalue weighted by Gasteiger charge is -2.14. The highest BCUT2D eigenvalue weighted by molar-refractivity contribution is 5.86. The van der Waals surface area contributed by atoms with Gasteiger partial charge in [0.05, 0.1) is 0 Å². The zero-order valence-corrected chi connectivity index (χ0v) is 11.5. The first-order chi connectivity index (χ1) is 8.79. The number of carboxylic acids is 1. The van der Waals surface area contributed by atoms with Crippen molar-refractivity contribution in [3.8, 4) is 11.5 Å². The van der Waals surface area contributed by atoms with Crippen LogP contribution in [0.2, 0.25) is 0 Å². The van der Waals surface area contributed by atoms with Gasteiger partial charge in [0.2, 0.25) is 11.7 Å². The molecule has 0 saturated carbocycles. The van der Waals surface area contributed by atoms with Crippen LogP contribution in [0.15, 0.2) is 28.7 Å². The van der Waals surface area contributed by atoms with Crippen LogP contribution < -0.4 is 0 Å². The van der Waals surface area contributed by atoms with Crippen molar-refractivity contribution in [2.24, 2.45) is 0 Å². The van der Waals surface area contributed by atoms with Gasteiger partial charge in [-0.05, 0) is 19.1 Å². The summed E-state index contributed by atoms with van der Waals surface area (Å²) in [5.74, 6) is -0.818. The van der Waals surface area contributed by atoms with E-state index >= 15 is 0 Å². The molecule has 19 heavy (non-hydrogen) atoms. The molecule has 0 aliphatic carbocycles. The van der Waals surface area contributed by atoms with Crippen LogP contribution in [0.3, 0.4) is 0 Å². The molecule has 0 unspecified atom stereocenters. The maximum atomic E-state index is 11.2. The van der Waals surface area contributed by atoms with Crippen molar-refractivity contribution in [3.05, 3.63) is 41.3 Å². The molecule has 4 heteroatoms. The van der Waals surface area contributed by atoms with Gasteiger partial charge in [-0.2, -0.15) is 0 Å². The van der Waals surface area contributed by atoms with Crippen LogP contribution in [0.1, 0.15) is 42.6 Å². The van der Waals surface area contributed by atoms with Crippen molar-refractivity contribution >= 4 is 5.97 Å². The van der Waals surface area contributed by atoms with Crippen LogP contribution in [0.4, 0.5) is 0 Å². The largest absolute Gasteiger partial charge is 0.475 e. The highest BCUT2D eigenvalue weighted by Crippen LogP contribution is 2.30. The fraction of sp³-hybridized carbons (Fsp3) is 0.333. The molecule has 0 saturated heterocycles. The SMILES string of the molecule is Cc1ccc(-c2nc(C(C)(C)C)c(C(=O)O)o2)cc1. The summed E-state index contributed by atoms with van der Waals surface area (Å²) in [6, 6.07) is 7.63. The number of rotatable bonds is 2. The highest BCUT2D eigenvalue weighted by Gasteiger charge is 2.29. The van der Waals surface area contributed by atoms with Crippen molar-refractivity contribution in [2.45, 2.75) is 33.1 Å². The molecule has 1 N–H and O–H groups in total. The molecule has 0 bridgehead atoms. The molecule has 2 aromatic rings. The lowest BCUT2D eigenvalue weighted by Crippen LogP contribution is -2.16. The van der Waals surface area contributed by atoms with Gasteiger partial charge in [-0.15, -0.1) is 0 Å². The number of aromatic nitrogens is 1. The standard InChI is InChI=1S/C15H17NO3/c1-9-5-7-10(8-6-9)13-16-12(15(2,3)4)11(19-13)14(17)18/h5-8H,1-4H3,(H,17,18). The van der Waals surface area contributed by atoms with Gasteiger partial charge in [-0.25, -0.2) is 9.78 Å². The normalized spacial score (nSPS) is 11.6. The minimum absolute atomic E-state index is 0.0805. The summed E-state index contributed by atoms with van der Waals surface area (Å²) in [5.41, 5.74) is 2.00. The molecular formula is C15H17NO3. The minimum Gasteiger partial charge on any atom is -0.475 e. The van der Waals surface area contributed by atoms with Crippen LogP contribution >= 0.6 is 0 Å². The zero-order chi connectivity index (χ0) is 14.2. The average Bonchev–Trinajstić information content (AvgIpc) is 2.74. The average molecular weight is 259 g/mol. The van der Waals surface area contributed by atoms with Gasteiger partial charge >= 0.3 is 5.97 Å². The van der Waals surface area contributed by atoms with Crippen molar-refractivity contribution in [3.63, 3.8) is 0 Å². The third-order valence-electron chi connectivity index (χ3n) is 2.83. The summed E-state index contributed by atoms with van der Waals surface area (Å²) in [4.78, 5) is 15.6. The number of oxazole rings is 1. The van der Waals surface area contributed by atoms with Crippen LogP contribution in [0.25, 0.3) is 11.5 Å². The Bertz CT molecular complexity index is 603. The Morgan fingerprint density at radius 3 is 2.21 bits per heavy atom. The predicted octanol–water partition coefficient (Wildman–Crippen LogP) is 3.65. The molecule has 0 atom stereocenters. The fourth-order valence-corrected chi connectivity index (χ4v) is 1.79. The van der Waals surface area contributed by atoms with E-state index in [9.17, 15) is 9.90 Å². The second-order valence-corrected chi connectivity index (χ2v) is 5.62. The molecule has 1 aromatic heterocycles. The summed E-state index contributed by atoms with van der Waals surface area (Å²) in [5, 5.41) is 9.20. The van der Waals surface area contributed by atoms with Crippen molar-refractivity contribution in [2.75, 3.05) is 0 Å². The lowest BCUT2D eigenvalue weighted by atomic mass is 9.91. The molecule has 0 radical (unpaired) electrons. The molecule has 2 rings (SSSR count). The van der Waals surface area contributed by atoms with Gasteiger partial charge in [0, 0.05) is 11.0 Å². The van der Waals surface area contributed by atoms with Crippen LogP contribution in [-0.2, 0) is 5.41 Å². The first-order valence-electron chi connectivity index (χ1n) is 6.10. The van der Waals surface area contributed by atoms with Gasteiger partial charge in [0.15, 0.2) is 0 Å². The number of hydrogen-bond acceptors (Lipinski definition) is 3. The number of benzene rings is 1. The van der Waals surface area contributed by atoms with Gasteiger partial charge in [-0.1, -0.05) is 38.5 Å². The van der Waals surface area contributed by atoms with E-state index in [2.05, 4.69) is 4.98 Å². The summed E-state index contributed by atoms with van der Waals surface area (Å²) in [6.07, 6.45) is 0. The van der Waals surface area contributed by atoms with E-state index in [0.717, 1.165) is 11.1 Å². The quantitative estimate of drug-likeness (QED) is 0.894. The highest BCUT2D eigenvalue weighted by atomic mass is 16.4. The minimum atomic E-state index is -1.09. The predicted molar refractivity (Wildman–Crippen MR) is 72.3 cm³/mol. The van der Waals surface area contributed by atoms with E-state index in [4.69, 9.17) is 4.42 Å². The molecule has 1 heterocycles. The molecule has 0 fully saturated rings. The van der Waals surface area contributed by atoms with E-state index in [1.54, 1.807) is 0 Å². The Hall–Kier alpha value is -2.10. The van der Waals surface area contributed by atoms with E-state index in [1.165, 1.54) is 0 Å². The number of nitrogens with zero attached hydrogens (tertiary/aromatic N) is 1. The smallest absolute Gasteiger partial charge is 0.373 e. The maximum absolute atomic E-state index is 11.2. The molecular weight excluding hydrogens is 242 g/mol. The summed E-state index contributed by atoms with van der Waals surface area (Å²) in [6.45, 7) is 7.73. The Kier molecular flexibility index (Phi) is 3.18. The second-order valence-electron chi connectivity index (χ2n) is 5.62. The van der Waals surface area contributed by atoms with Gasteiger partial charge in [0.25, 0.3) is 0 Å². The molecule has 1 aromatic carbocycles. The van der Waals surface area contributed by atoms with Crippen molar-refractivity contribution < 1.29 is 14.3 Å². The van der Waals surface area contributed by atoms with Crippen molar-refractivity contribution in [1.29, 1.82) is 0 Å².